The van der Waals surface area contributed by atoms with Gasteiger partial charge >= 0.3 is 0 Å². The molecule has 4 rings (SSSR count). The van der Waals surface area contributed by atoms with Crippen molar-refractivity contribution >= 4 is 34.9 Å². The zero-order valence-electron chi connectivity index (χ0n) is 15.2. The lowest BCUT2D eigenvalue weighted by Gasteiger charge is -2.13. The summed E-state index contributed by atoms with van der Waals surface area (Å²) in [6, 6.07) is 5.35. The standard InChI is InChI=1S/C20H20N2O5S/c23-18(11-13-3-1-2-4-13)21-7-8-22-19(24)17(28-20(22)25)10-14-5-6-15-16(9-14)27-12-26-15/h1,3,5-6,9-10,13H,2,4,7-8,11-12H2,(H,21,23)/b17-10-. The third-order valence-electron chi connectivity index (χ3n) is 4.79. The fraction of sp³-hybridized carbons (Fsp3) is 0.350. The van der Waals surface area contributed by atoms with Crippen molar-refractivity contribution < 1.29 is 23.9 Å². The third-order valence-corrected chi connectivity index (χ3v) is 5.69. The molecule has 1 atom stereocenters. The molecule has 1 aromatic rings. The number of imide groups is 1. The Bertz CT molecular complexity index is 879. The number of hydrogen-bond donors (Lipinski definition) is 1. The maximum atomic E-state index is 12.5. The SMILES string of the molecule is O=C(CC1C=CCC1)NCCN1C(=O)S/C(=C\c2ccc3c(c2)OCO3)C1=O. The van der Waals surface area contributed by atoms with Gasteiger partial charge in [-0.3, -0.25) is 19.3 Å². The number of nitrogens with zero attached hydrogens (tertiary/aromatic N) is 1. The van der Waals surface area contributed by atoms with Gasteiger partial charge in [0.2, 0.25) is 12.7 Å². The van der Waals surface area contributed by atoms with Crippen molar-refractivity contribution in [1.82, 2.24) is 10.2 Å². The highest BCUT2D eigenvalue weighted by atomic mass is 32.2. The summed E-state index contributed by atoms with van der Waals surface area (Å²) in [5.74, 6) is 1.17. The first-order valence-electron chi connectivity index (χ1n) is 9.18. The second kappa shape index (κ2) is 8.10. The summed E-state index contributed by atoms with van der Waals surface area (Å²) in [5.41, 5.74) is 0.757. The highest BCUT2D eigenvalue weighted by molar-refractivity contribution is 8.18. The number of amides is 3. The van der Waals surface area contributed by atoms with Gasteiger partial charge in [-0.05, 0) is 54.3 Å². The van der Waals surface area contributed by atoms with Crippen LogP contribution in [0.2, 0.25) is 0 Å². The van der Waals surface area contributed by atoms with Crippen LogP contribution in [0.15, 0.2) is 35.3 Å². The Kier molecular flexibility index (Phi) is 5.38. The first-order chi connectivity index (χ1) is 13.6. The maximum absolute atomic E-state index is 12.5. The first-order valence-corrected chi connectivity index (χ1v) is 10.0. The van der Waals surface area contributed by atoms with Crippen molar-refractivity contribution in [3.63, 3.8) is 0 Å². The number of carbonyl (C=O) groups excluding carboxylic acids is 3. The number of fused-ring (bicyclic) bond motifs is 1. The van der Waals surface area contributed by atoms with E-state index in [9.17, 15) is 14.4 Å². The molecule has 2 aliphatic heterocycles. The van der Waals surface area contributed by atoms with E-state index in [2.05, 4.69) is 17.5 Å². The van der Waals surface area contributed by atoms with E-state index in [0.717, 1.165) is 30.2 Å². The van der Waals surface area contributed by atoms with Gasteiger partial charge in [0.15, 0.2) is 11.5 Å². The zero-order chi connectivity index (χ0) is 19.5. The van der Waals surface area contributed by atoms with Crippen molar-refractivity contribution in [3.05, 3.63) is 40.8 Å². The zero-order valence-corrected chi connectivity index (χ0v) is 16.0. The van der Waals surface area contributed by atoms with Gasteiger partial charge in [0.25, 0.3) is 11.1 Å². The molecule has 1 fully saturated rings. The molecule has 0 saturated carbocycles. The quantitative estimate of drug-likeness (QED) is 0.584. The number of rotatable bonds is 6. The number of allylic oxidation sites excluding steroid dienone is 2. The van der Waals surface area contributed by atoms with Crippen LogP contribution in [0.3, 0.4) is 0 Å². The van der Waals surface area contributed by atoms with Gasteiger partial charge in [0, 0.05) is 19.5 Å². The number of thioether (sulfide) groups is 1. The topological polar surface area (TPSA) is 84.9 Å². The summed E-state index contributed by atoms with van der Waals surface area (Å²) >= 11 is 0.900. The number of benzene rings is 1. The van der Waals surface area contributed by atoms with Crippen LogP contribution in [0.5, 0.6) is 11.5 Å². The number of hydrogen-bond acceptors (Lipinski definition) is 6. The maximum Gasteiger partial charge on any atom is 0.293 e. The van der Waals surface area contributed by atoms with Crippen LogP contribution in [0.1, 0.15) is 24.8 Å². The molecule has 3 amide bonds. The molecule has 1 N–H and O–H groups in total. The minimum absolute atomic E-state index is 0.0561. The van der Waals surface area contributed by atoms with Crippen LogP contribution in [0.25, 0.3) is 6.08 Å². The van der Waals surface area contributed by atoms with Gasteiger partial charge in [-0.15, -0.1) is 0 Å². The van der Waals surface area contributed by atoms with Gasteiger partial charge in [-0.2, -0.15) is 0 Å². The summed E-state index contributed by atoms with van der Waals surface area (Å²) in [6.07, 6.45) is 8.29. The molecule has 1 aliphatic carbocycles. The smallest absolute Gasteiger partial charge is 0.293 e. The van der Waals surface area contributed by atoms with Crippen LogP contribution in [0, 0.1) is 5.92 Å². The summed E-state index contributed by atoms with van der Waals surface area (Å²) < 4.78 is 10.6. The van der Waals surface area contributed by atoms with Gasteiger partial charge in [0.1, 0.15) is 0 Å². The highest BCUT2D eigenvalue weighted by Gasteiger charge is 2.34. The summed E-state index contributed by atoms with van der Waals surface area (Å²) in [7, 11) is 0. The fourth-order valence-electron chi connectivity index (χ4n) is 3.33. The Morgan fingerprint density at radius 2 is 2.14 bits per heavy atom. The van der Waals surface area contributed by atoms with Gasteiger partial charge < -0.3 is 14.8 Å². The lowest BCUT2D eigenvalue weighted by molar-refractivity contribution is -0.124. The van der Waals surface area contributed by atoms with E-state index in [4.69, 9.17) is 9.47 Å². The number of carbonyl (C=O) groups is 3. The molecule has 0 bridgehead atoms. The molecule has 1 unspecified atom stereocenters. The molecule has 0 radical (unpaired) electrons. The van der Waals surface area contributed by atoms with E-state index in [1.165, 1.54) is 4.90 Å². The van der Waals surface area contributed by atoms with Crippen LogP contribution in [0.4, 0.5) is 4.79 Å². The number of nitrogens with one attached hydrogen (secondary N) is 1. The van der Waals surface area contributed by atoms with Gasteiger partial charge in [-0.1, -0.05) is 18.2 Å². The van der Waals surface area contributed by atoms with Crippen molar-refractivity contribution in [3.8, 4) is 11.5 Å². The monoisotopic (exact) mass is 400 g/mol. The normalized spacial score (nSPS) is 21.8. The largest absolute Gasteiger partial charge is 0.454 e. The van der Waals surface area contributed by atoms with Crippen LogP contribution in [-0.2, 0) is 9.59 Å². The molecule has 3 aliphatic rings. The lowest BCUT2D eigenvalue weighted by atomic mass is 10.1. The molecule has 7 nitrogen and oxygen atoms in total. The van der Waals surface area contributed by atoms with Crippen molar-refractivity contribution in [1.29, 1.82) is 0 Å². The Morgan fingerprint density at radius 3 is 2.96 bits per heavy atom. The Labute approximate surface area is 166 Å². The van der Waals surface area contributed by atoms with Crippen molar-refractivity contribution in [2.45, 2.75) is 19.3 Å². The summed E-state index contributed by atoms with van der Waals surface area (Å²) in [6.45, 7) is 0.595. The molecular formula is C20H20N2O5S. The predicted molar refractivity (Wildman–Crippen MR) is 105 cm³/mol. The average Bonchev–Trinajstić information content (AvgIpc) is 3.39. The van der Waals surface area contributed by atoms with Gasteiger partial charge in [-0.25, -0.2) is 0 Å². The van der Waals surface area contributed by atoms with E-state index < -0.39 is 0 Å². The van der Waals surface area contributed by atoms with E-state index >= 15 is 0 Å². The third kappa shape index (κ3) is 4.06. The van der Waals surface area contributed by atoms with E-state index in [1.54, 1.807) is 24.3 Å². The molecule has 28 heavy (non-hydrogen) atoms. The molecule has 0 aromatic heterocycles. The van der Waals surface area contributed by atoms with Crippen molar-refractivity contribution in [2.24, 2.45) is 5.92 Å². The van der Waals surface area contributed by atoms with E-state index in [-0.39, 0.29) is 36.9 Å². The molecule has 1 aromatic carbocycles. The molecule has 8 heteroatoms. The van der Waals surface area contributed by atoms with E-state index in [1.807, 2.05) is 0 Å². The molecule has 146 valence electrons. The first kappa shape index (κ1) is 18.6. The minimum atomic E-state index is -0.347. The highest BCUT2D eigenvalue weighted by Crippen LogP contribution is 2.36. The lowest BCUT2D eigenvalue weighted by Crippen LogP contribution is -2.37. The molecule has 2 heterocycles. The van der Waals surface area contributed by atoms with Crippen LogP contribution < -0.4 is 14.8 Å². The Morgan fingerprint density at radius 1 is 1.29 bits per heavy atom. The minimum Gasteiger partial charge on any atom is -0.454 e. The van der Waals surface area contributed by atoms with Crippen LogP contribution in [-0.4, -0.2) is 41.8 Å². The predicted octanol–water partition coefficient (Wildman–Crippen LogP) is 2.92. The summed E-state index contributed by atoms with van der Waals surface area (Å²) in [5, 5.41) is 2.46. The second-order valence-corrected chi connectivity index (χ2v) is 7.76. The van der Waals surface area contributed by atoms with Crippen LogP contribution >= 0.6 is 11.8 Å². The van der Waals surface area contributed by atoms with Gasteiger partial charge in [0.05, 0.1) is 4.91 Å². The Balaban J connectivity index is 1.32. The van der Waals surface area contributed by atoms with Crippen molar-refractivity contribution in [2.75, 3.05) is 19.9 Å². The van der Waals surface area contributed by atoms with E-state index in [0.29, 0.717) is 28.7 Å². The number of ether oxygens (including phenoxy) is 2. The molecule has 0 spiro atoms. The Hall–Kier alpha value is -2.74. The molecular weight excluding hydrogens is 380 g/mol. The average molecular weight is 400 g/mol. The molecule has 1 saturated heterocycles. The summed E-state index contributed by atoms with van der Waals surface area (Å²) in [4.78, 5) is 38.2. The fourth-order valence-corrected chi connectivity index (χ4v) is 4.19. The second-order valence-electron chi connectivity index (χ2n) is 6.77.